The van der Waals surface area contributed by atoms with E-state index in [0.717, 1.165) is 5.57 Å². The van der Waals surface area contributed by atoms with Crippen LogP contribution >= 0.6 is 0 Å². The maximum absolute atomic E-state index is 9.22. The lowest BCUT2D eigenvalue weighted by Crippen LogP contribution is -2.35. The molecule has 0 fully saturated rings. The summed E-state index contributed by atoms with van der Waals surface area (Å²) in [4.78, 5) is 4.05. The van der Waals surface area contributed by atoms with Gasteiger partial charge >= 0.3 is 0 Å². The van der Waals surface area contributed by atoms with E-state index in [4.69, 9.17) is 11.5 Å². The molecule has 90 valence electrons. The van der Waals surface area contributed by atoms with Gasteiger partial charge in [-0.3, -0.25) is 10.1 Å². The number of hydrogen-bond acceptors (Lipinski definition) is 5. The van der Waals surface area contributed by atoms with Crippen LogP contribution in [0.25, 0.3) is 5.57 Å². The molecule has 1 unspecified atom stereocenters. The highest BCUT2D eigenvalue weighted by Gasteiger charge is 2.19. The standard InChI is InChI=1S/C11H15N5O/c1-11(13)4-7(2-3-14-6-11)9-8(5-17)15-16-10(9)12/h2-4,6,17H,5,13H2,1H3,(H3,12,15,16). The van der Waals surface area contributed by atoms with Gasteiger partial charge in [0.25, 0.3) is 0 Å². The van der Waals surface area contributed by atoms with Crippen LogP contribution in [-0.4, -0.2) is 27.1 Å². The molecule has 1 aromatic heterocycles. The minimum atomic E-state index is -0.657. The first-order chi connectivity index (χ1) is 8.03. The first kappa shape index (κ1) is 11.6. The van der Waals surface area contributed by atoms with Crippen molar-refractivity contribution in [3.8, 4) is 0 Å². The number of aliphatic hydroxyl groups is 1. The Morgan fingerprint density at radius 3 is 3.00 bits per heavy atom. The molecule has 0 spiro atoms. The smallest absolute Gasteiger partial charge is 0.153 e. The first-order valence-corrected chi connectivity index (χ1v) is 5.20. The van der Waals surface area contributed by atoms with Gasteiger partial charge in [-0.1, -0.05) is 6.08 Å². The molecule has 1 aliphatic rings. The fourth-order valence-corrected chi connectivity index (χ4v) is 1.73. The monoisotopic (exact) mass is 233 g/mol. The maximum atomic E-state index is 9.22. The molecular formula is C11H15N5O. The van der Waals surface area contributed by atoms with E-state index in [2.05, 4.69) is 15.2 Å². The number of nitrogens with two attached hydrogens (primary N) is 2. The Kier molecular flexibility index (Phi) is 2.83. The summed E-state index contributed by atoms with van der Waals surface area (Å²) < 4.78 is 0. The summed E-state index contributed by atoms with van der Waals surface area (Å²) in [5, 5.41) is 15.8. The zero-order chi connectivity index (χ0) is 12.5. The topological polar surface area (TPSA) is 113 Å². The highest BCUT2D eigenvalue weighted by Crippen LogP contribution is 2.27. The summed E-state index contributed by atoms with van der Waals surface area (Å²) in [6, 6.07) is 0. The molecule has 0 aliphatic carbocycles. The van der Waals surface area contributed by atoms with Crippen LogP contribution in [-0.2, 0) is 6.61 Å². The third-order valence-corrected chi connectivity index (χ3v) is 2.48. The lowest BCUT2D eigenvalue weighted by molar-refractivity contribution is 0.276. The molecule has 0 aromatic carbocycles. The van der Waals surface area contributed by atoms with Crippen molar-refractivity contribution >= 4 is 17.6 Å². The van der Waals surface area contributed by atoms with Gasteiger partial charge in [-0.2, -0.15) is 5.10 Å². The number of hydrogen-bond donors (Lipinski definition) is 4. The van der Waals surface area contributed by atoms with Gasteiger partial charge in [-0.05, 0) is 18.6 Å². The summed E-state index contributed by atoms with van der Waals surface area (Å²) in [5.74, 6) is 0.336. The van der Waals surface area contributed by atoms with Crippen molar-refractivity contribution in [1.82, 2.24) is 10.2 Å². The maximum Gasteiger partial charge on any atom is 0.153 e. The van der Waals surface area contributed by atoms with Crippen molar-refractivity contribution in [2.45, 2.75) is 19.1 Å². The molecular weight excluding hydrogens is 218 g/mol. The van der Waals surface area contributed by atoms with Gasteiger partial charge in [0.2, 0.25) is 0 Å². The van der Waals surface area contributed by atoms with Crippen LogP contribution in [0.15, 0.2) is 23.3 Å². The molecule has 2 rings (SSSR count). The number of anilines is 1. The number of rotatable bonds is 2. The van der Waals surface area contributed by atoms with E-state index in [1.54, 1.807) is 18.5 Å². The molecule has 0 saturated heterocycles. The van der Waals surface area contributed by atoms with Gasteiger partial charge in [0.1, 0.15) is 0 Å². The normalized spacial score (nSPS) is 23.6. The number of aliphatic imine (C=N–C) groups is 1. The number of nitrogen functional groups attached to an aromatic ring is 1. The van der Waals surface area contributed by atoms with Gasteiger partial charge in [-0.15, -0.1) is 0 Å². The lowest BCUT2D eigenvalue weighted by Gasteiger charge is -2.14. The van der Waals surface area contributed by atoms with E-state index < -0.39 is 5.54 Å². The average molecular weight is 233 g/mol. The molecule has 6 nitrogen and oxygen atoms in total. The van der Waals surface area contributed by atoms with E-state index in [9.17, 15) is 5.11 Å². The summed E-state index contributed by atoms with van der Waals surface area (Å²) in [5.41, 5.74) is 13.2. The van der Waals surface area contributed by atoms with Gasteiger partial charge in [0.05, 0.1) is 17.8 Å². The zero-order valence-corrected chi connectivity index (χ0v) is 9.51. The van der Waals surface area contributed by atoms with E-state index in [1.807, 2.05) is 13.0 Å². The van der Waals surface area contributed by atoms with Crippen molar-refractivity contribution in [3.63, 3.8) is 0 Å². The molecule has 6 heteroatoms. The summed E-state index contributed by atoms with van der Waals surface area (Å²) in [6.45, 7) is 1.67. The highest BCUT2D eigenvalue weighted by molar-refractivity contribution is 5.87. The van der Waals surface area contributed by atoms with Crippen LogP contribution in [0.3, 0.4) is 0 Å². The SMILES string of the molecule is CC1(N)C=NC=CC(c2c(N)n[nH]c2CO)=C1. The molecule has 6 N–H and O–H groups in total. The highest BCUT2D eigenvalue weighted by atomic mass is 16.3. The van der Waals surface area contributed by atoms with Crippen LogP contribution in [0.1, 0.15) is 18.2 Å². The van der Waals surface area contributed by atoms with Gasteiger partial charge < -0.3 is 16.6 Å². The van der Waals surface area contributed by atoms with Crippen LogP contribution < -0.4 is 11.5 Å². The van der Waals surface area contributed by atoms with Gasteiger partial charge in [-0.25, -0.2) is 0 Å². The molecule has 2 heterocycles. The second-order valence-corrected chi connectivity index (χ2v) is 4.18. The fraction of sp³-hybridized carbons (Fsp3) is 0.273. The van der Waals surface area contributed by atoms with Crippen molar-refractivity contribution in [2.24, 2.45) is 10.7 Å². The number of aliphatic hydroxyl groups excluding tert-OH is 1. The van der Waals surface area contributed by atoms with Crippen molar-refractivity contribution < 1.29 is 5.11 Å². The number of aromatic amines is 1. The predicted molar refractivity (Wildman–Crippen MR) is 67.1 cm³/mol. The number of H-pyrrole nitrogens is 1. The van der Waals surface area contributed by atoms with E-state index >= 15 is 0 Å². The minimum Gasteiger partial charge on any atom is -0.390 e. The van der Waals surface area contributed by atoms with E-state index in [-0.39, 0.29) is 6.61 Å². The Morgan fingerprint density at radius 1 is 1.53 bits per heavy atom. The van der Waals surface area contributed by atoms with Gasteiger partial charge in [0.15, 0.2) is 5.82 Å². The molecule has 0 radical (unpaired) electrons. The zero-order valence-electron chi connectivity index (χ0n) is 9.51. The van der Waals surface area contributed by atoms with Gasteiger partial charge in [0, 0.05) is 18.0 Å². The molecule has 1 aromatic rings. The Hall–Kier alpha value is -1.92. The van der Waals surface area contributed by atoms with Crippen molar-refractivity contribution in [2.75, 3.05) is 5.73 Å². The Balaban J connectivity index is 2.53. The Bertz CT molecular complexity index is 510. The first-order valence-electron chi connectivity index (χ1n) is 5.20. The summed E-state index contributed by atoms with van der Waals surface area (Å²) in [6.07, 6.45) is 6.90. The molecule has 0 amide bonds. The Labute approximate surface area is 98.7 Å². The van der Waals surface area contributed by atoms with Crippen LogP contribution in [0.5, 0.6) is 0 Å². The quantitative estimate of drug-likeness (QED) is 0.583. The van der Waals surface area contributed by atoms with E-state index in [0.29, 0.717) is 17.1 Å². The van der Waals surface area contributed by atoms with Crippen molar-refractivity contribution in [3.05, 3.63) is 29.6 Å². The second kappa shape index (κ2) is 4.15. The van der Waals surface area contributed by atoms with Crippen LogP contribution in [0, 0.1) is 0 Å². The lowest BCUT2D eigenvalue weighted by atomic mass is 9.97. The minimum absolute atomic E-state index is 0.160. The summed E-state index contributed by atoms with van der Waals surface area (Å²) >= 11 is 0. The number of allylic oxidation sites excluding steroid dienone is 2. The average Bonchev–Trinajstić information content (AvgIpc) is 2.54. The molecule has 17 heavy (non-hydrogen) atoms. The molecule has 1 atom stereocenters. The predicted octanol–water partition coefficient (Wildman–Crippen LogP) is 0.183. The second-order valence-electron chi connectivity index (χ2n) is 4.18. The molecule has 0 saturated carbocycles. The van der Waals surface area contributed by atoms with Crippen molar-refractivity contribution in [1.29, 1.82) is 0 Å². The number of nitrogens with one attached hydrogen (secondary N) is 1. The number of nitrogens with zero attached hydrogens (tertiary/aromatic N) is 2. The van der Waals surface area contributed by atoms with E-state index in [1.165, 1.54) is 0 Å². The Morgan fingerprint density at radius 2 is 2.29 bits per heavy atom. The summed E-state index contributed by atoms with van der Waals surface area (Å²) in [7, 11) is 0. The van der Waals surface area contributed by atoms with Crippen LogP contribution in [0.4, 0.5) is 5.82 Å². The fourth-order valence-electron chi connectivity index (χ4n) is 1.73. The third-order valence-electron chi connectivity index (χ3n) is 2.48. The largest absolute Gasteiger partial charge is 0.390 e. The molecule has 1 aliphatic heterocycles. The third kappa shape index (κ3) is 2.27. The molecule has 0 bridgehead atoms. The number of aromatic nitrogens is 2. The van der Waals surface area contributed by atoms with Crippen LogP contribution in [0.2, 0.25) is 0 Å².